The molecule has 0 bridgehead atoms. The monoisotopic (exact) mass is 318 g/mol. The maximum atomic E-state index is 10.9. The maximum Gasteiger partial charge on any atom is 0.305 e. The lowest BCUT2D eigenvalue weighted by atomic mass is 10.0. The first-order chi connectivity index (χ1) is 10.2. The smallest absolute Gasteiger partial charge is 0.305 e. The number of carbonyl (C=O) groups is 1. The molecule has 0 saturated heterocycles. The number of esters is 1. The van der Waals surface area contributed by atoms with Crippen molar-refractivity contribution in [3.8, 4) is 0 Å². The lowest BCUT2D eigenvalue weighted by Crippen LogP contribution is -1.99. The first kappa shape index (κ1) is 20.8. The molecule has 2 nitrogen and oxygen atoms in total. The van der Waals surface area contributed by atoms with E-state index < -0.39 is 0 Å². The van der Waals surface area contributed by atoms with Crippen LogP contribution in [0.3, 0.4) is 0 Å². The topological polar surface area (TPSA) is 26.3 Å². The number of methoxy groups -OCH3 is 1. The highest BCUT2D eigenvalue weighted by Gasteiger charge is 1.99. The van der Waals surface area contributed by atoms with E-state index >= 15 is 0 Å². The molecule has 0 amide bonds. The molecular weight excluding hydrogens is 284 g/mol. The fraction of sp³-hybridized carbons (Fsp3) is 0.944. The molecule has 0 spiro atoms. The number of ether oxygens (including phenoxy) is 1. The van der Waals surface area contributed by atoms with Crippen molar-refractivity contribution in [2.24, 2.45) is 0 Å². The van der Waals surface area contributed by atoms with Crippen molar-refractivity contribution in [1.29, 1.82) is 0 Å². The van der Waals surface area contributed by atoms with Crippen molar-refractivity contribution in [3.05, 3.63) is 0 Å². The molecule has 0 aliphatic heterocycles. The van der Waals surface area contributed by atoms with Crippen molar-refractivity contribution < 1.29 is 9.53 Å². The number of halogens is 1. The van der Waals surface area contributed by atoms with Gasteiger partial charge in [0.1, 0.15) is 0 Å². The van der Waals surface area contributed by atoms with Crippen molar-refractivity contribution in [1.82, 2.24) is 0 Å². The van der Waals surface area contributed by atoms with Gasteiger partial charge in [-0.25, -0.2) is 0 Å². The third-order valence-electron chi connectivity index (χ3n) is 3.96. The van der Waals surface area contributed by atoms with E-state index in [1.807, 2.05) is 0 Å². The Hall–Kier alpha value is -0.240. The van der Waals surface area contributed by atoms with Crippen LogP contribution in [0.2, 0.25) is 0 Å². The fourth-order valence-corrected chi connectivity index (χ4v) is 2.72. The Kier molecular flexibility index (Phi) is 16.0. The lowest BCUT2D eigenvalue weighted by molar-refractivity contribution is -0.140. The van der Waals surface area contributed by atoms with Crippen LogP contribution in [0.1, 0.15) is 96.8 Å². The van der Waals surface area contributed by atoms with Crippen LogP contribution >= 0.6 is 11.6 Å². The van der Waals surface area contributed by atoms with Crippen LogP contribution in [-0.4, -0.2) is 18.5 Å². The molecule has 0 saturated carbocycles. The zero-order valence-electron chi connectivity index (χ0n) is 14.2. The summed E-state index contributed by atoms with van der Waals surface area (Å²) in [5.74, 6) is -0.0736. The second kappa shape index (κ2) is 16.1. The van der Waals surface area contributed by atoms with Crippen LogP contribution in [0.5, 0.6) is 0 Å². The van der Waals surface area contributed by atoms with Gasteiger partial charge in [-0.3, -0.25) is 4.79 Å². The Morgan fingerprint density at radius 1 is 0.810 bits per heavy atom. The van der Waals surface area contributed by atoms with E-state index in [0.29, 0.717) is 11.8 Å². The Balaban J connectivity index is 3.01. The zero-order valence-corrected chi connectivity index (χ0v) is 14.9. The number of hydrogen-bond donors (Lipinski definition) is 0. The van der Waals surface area contributed by atoms with Gasteiger partial charge in [-0.1, -0.05) is 70.6 Å². The van der Waals surface area contributed by atoms with Gasteiger partial charge in [0.25, 0.3) is 0 Å². The molecule has 126 valence electrons. The van der Waals surface area contributed by atoms with Gasteiger partial charge >= 0.3 is 5.97 Å². The van der Waals surface area contributed by atoms with E-state index in [4.69, 9.17) is 11.6 Å². The van der Waals surface area contributed by atoms with Gasteiger partial charge in [-0.15, -0.1) is 11.6 Å². The average molecular weight is 319 g/mol. The van der Waals surface area contributed by atoms with E-state index in [2.05, 4.69) is 11.7 Å². The number of rotatable bonds is 15. The SMILES string of the molecule is COC(=O)CCCCCCCCCCCCCCC(C)Cl. The molecule has 3 heteroatoms. The second-order valence-corrected chi connectivity index (χ2v) is 6.88. The molecule has 0 aromatic heterocycles. The van der Waals surface area contributed by atoms with Crippen molar-refractivity contribution >= 4 is 17.6 Å². The van der Waals surface area contributed by atoms with Crippen LogP contribution in [-0.2, 0) is 9.53 Å². The molecule has 0 aliphatic carbocycles. The minimum absolute atomic E-state index is 0.0736. The molecule has 1 unspecified atom stereocenters. The molecule has 0 aliphatic rings. The summed E-state index contributed by atoms with van der Waals surface area (Å²) in [6.07, 6.45) is 17.3. The van der Waals surface area contributed by atoms with Gasteiger partial charge in [0.05, 0.1) is 7.11 Å². The van der Waals surface area contributed by atoms with Gasteiger partial charge < -0.3 is 4.74 Å². The Morgan fingerprint density at radius 3 is 1.57 bits per heavy atom. The zero-order chi connectivity index (χ0) is 15.8. The first-order valence-electron chi connectivity index (χ1n) is 8.87. The maximum absolute atomic E-state index is 10.9. The molecule has 0 aromatic rings. The number of alkyl halides is 1. The molecule has 1 atom stereocenters. The van der Waals surface area contributed by atoms with E-state index in [-0.39, 0.29) is 5.97 Å². The van der Waals surface area contributed by atoms with Gasteiger partial charge in [0.15, 0.2) is 0 Å². The quantitative estimate of drug-likeness (QED) is 0.203. The standard InChI is InChI=1S/C18H35ClO2/c1-17(19)15-13-11-9-7-5-3-4-6-8-10-12-14-16-18(20)21-2/h17H,3-16H2,1-2H3. The highest BCUT2D eigenvalue weighted by atomic mass is 35.5. The molecule has 0 radical (unpaired) electrons. The minimum atomic E-state index is -0.0736. The third kappa shape index (κ3) is 17.7. The second-order valence-electron chi connectivity index (χ2n) is 6.14. The summed E-state index contributed by atoms with van der Waals surface area (Å²) in [5, 5.41) is 0.345. The highest BCUT2D eigenvalue weighted by Crippen LogP contribution is 2.14. The fourth-order valence-electron chi connectivity index (χ4n) is 2.56. The molecule has 0 N–H and O–H groups in total. The summed E-state index contributed by atoms with van der Waals surface area (Å²) in [7, 11) is 1.46. The lowest BCUT2D eigenvalue weighted by Gasteiger charge is -2.04. The average Bonchev–Trinajstić information content (AvgIpc) is 2.46. The van der Waals surface area contributed by atoms with E-state index in [1.54, 1.807) is 0 Å². The number of unbranched alkanes of at least 4 members (excludes halogenated alkanes) is 11. The summed E-state index contributed by atoms with van der Waals surface area (Å²) in [4.78, 5) is 10.9. The third-order valence-corrected chi connectivity index (χ3v) is 4.18. The van der Waals surface area contributed by atoms with Crippen molar-refractivity contribution in [3.63, 3.8) is 0 Å². The highest BCUT2D eigenvalue weighted by molar-refractivity contribution is 6.20. The molecule has 21 heavy (non-hydrogen) atoms. The Labute approximate surface area is 137 Å². The molecule has 0 fully saturated rings. The van der Waals surface area contributed by atoms with Crippen LogP contribution in [0.15, 0.2) is 0 Å². The summed E-state index contributed by atoms with van der Waals surface area (Å²) in [5.41, 5.74) is 0. The van der Waals surface area contributed by atoms with Crippen LogP contribution in [0.4, 0.5) is 0 Å². The van der Waals surface area contributed by atoms with Crippen LogP contribution in [0.25, 0.3) is 0 Å². The van der Waals surface area contributed by atoms with Gasteiger partial charge in [0.2, 0.25) is 0 Å². The normalized spacial score (nSPS) is 12.3. The van der Waals surface area contributed by atoms with E-state index in [1.165, 1.54) is 71.3 Å². The van der Waals surface area contributed by atoms with E-state index in [9.17, 15) is 4.79 Å². The van der Waals surface area contributed by atoms with Crippen LogP contribution in [0, 0.1) is 0 Å². The first-order valence-corrected chi connectivity index (χ1v) is 9.31. The molecule has 0 rings (SSSR count). The summed E-state index contributed by atoms with van der Waals surface area (Å²) in [6.45, 7) is 2.08. The van der Waals surface area contributed by atoms with Crippen molar-refractivity contribution in [2.75, 3.05) is 7.11 Å². The largest absolute Gasteiger partial charge is 0.469 e. The summed E-state index contributed by atoms with van der Waals surface area (Å²) >= 11 is 5.92. The summed E-state index contributed by atoms with van der Waals surface area (Å²) < 4.78 is 4.62. The molecule has 0 aromatic carbocycles. The van der Waals surface area contributed by atoms with Gasteiger partial charge in [-0.2, -0.15) is 0 Å². The minimum Gasteiger partial charge on any atom is -0.469 e. The Morgan fingerprint density at radius 2 is 1.19 bits per heavy atom. The predicted octanol–water partition coefficient (Wildman–Crippen LogP) is 6.25. The van der Waals surface area contributed by atoms with Crippen LogP contribution < -0.4 is 0 Å². The Bertz CT molecular complexity index is 229. The van der Waals surface area contributed by atoms with Crippen molar-refractivity contribution in [2.45, 2.75) is 102 Å². The summed E-state index contributed by atoms with van der Waals surface area (Å²) in [6, 6.07) is 0. The predicted molar refractivity (Wildman–Crippen MR) is 92.0 cm³/mol. The molecular formula is C18H35ClO2. The molecule has 0 heterocycles. The van der Waals surface area contributed by atoms with E-state index in [0.717, 1.165) is 19.3 Å². The van der Waals surface area contributed by atoms with Gasteiger partial charge in [-0.05, 0) is 19.8 Å². The number of hydrogen-bond acceptors (Lipinski definition) is 2. The van der Waals surface area contributed by atoms with Gasteiger partial charge in [0, 0.05) is 11.8 Å². The number of carbonyl (C=O) groups excluding carboxylic acids is 1.